The molecule has 82 valence electrons. The molecule has 0 bridgehead atoms. The Hall–Kier alpha value is -1.63. The van der Waals surface area contributed by atoms with Crippen LogP contribution in [-0.4, -0.2) is 29.2 Å². The summed E-state index contributed by atoms with van der Waals surface area (Å²) in [4.78, 5) is 17.2. The smallest absolute Gasteiger partial charge is 0.404 e. The van der Waals surface area contributed by atoms with Gasteiger partial charge in [-0.05, 0) is 11.6 Å². The summed E-state index contributed by atoms with van der Waals surface area (Å²) in [7, 11) is 0. The van der Waals surface area contributed by atoms with E-state index >= 15 is 0 Å². The molecule has 3 N–H and O–H groups in total. The Kier molecular flexibility index (Phi) is 4.04. The number of rotatable bonds is 4. The van der Waals surface area contributed by atoms with Gasteiger partial charge in [-0.15, -0.1) is 0 Å². The van der Waals surface area contributed by atoms with Crippen molar-refractivity contribution < 1.29 is 13.9 Å². The summed E-state index contributed by atoms with van der Waals surface area (Å²) >= 11 is 5.45. The minimum atomic E-state index is -0.891. The van der Waals surface area contributed by atoms with Crippen molar-refractivity contribution >= 4 is 23.5 Å². The molecule has 15 heavy (non-hydrogen) atoms. The van der Waals surface area contributed by atoms with Crippen molar-refractivity contribution in [2.45, 2.75) is 0 Å². The molecular weight excluding hydrogens is 227 g/mol. The first-order chi connectivity index (χ1) is 7.09. The van der Waals surface area contributed by atoms with Crippen molar-refractivity contribution in [3.05, 3.63) is 17.3 Å². The van der Waals surface area contributed by atoms with Crippen LogP contribution in [0.25, 0.3) is 0 Å². The Morgan fingerprint density at radius 3 is 3.13 bits per heavy atom. The highest BCUT2D eigenvalue weighted by Gasteiger charge is 2.04. The molecule has 0 aromatic carbocycles. The number of hydrogen-bond donors (Lipinski definition) is 2. The number of carbonyl (C=O) groups excluding carboxylic acids is 1. The van der Waals surface area contributed by atoms with Gasteiger partial charge >= 0.3 is 6.09 Å². The molecule has 1 rings (SSSR count). The summed E-state index contributed by atoms with van der Waals surface area (Å²) in [6.07, 6.45) is 0.0464. The Labute approximate surface area is 89.6 Å². The van der Waals surface area contributed by atoms with E-state index in [2.05, 4.69) is 20.0 Å². The highest BCUT2D eigenvalue weighted by molar-refractivity contribution is 6.28. The van der Waals surface area contributed by atoms with Gasteiger partial charge < -0.3 is 15.8 Å². The van der Waals surface area contributed by atoms with Crippen molar-refractivity contribution in [1.29, 1.82) is 0 Å². The number of nitrogens with one attached hydrogen (secondary N) is 1. The van der Waals surface area contributed by atoms with Crippen molar-refractivity contribution in [1.82, 2.24) is 9.97 Å². The van der Waals surface area contributed by atoms with E-state index < -0.39 is 11.9 Å². The summed E-state index contributed by atoms with van der Waals surface area (Å²) < 4.78 is 17.4. The fraction of sp³-hybridized carbons (Fsp3) is 0.286. The van der Waals surface area contributed by atoms with Gasteiger partial charge in [0.1, 0.15) is 6.61 Å². The molecule has 0 saturated heterocycles. The van der Waals surface area contributed by atoms with Crippen LogP contribution in [0.1, 0.15) is 0 Å². The molecule has 8 heteroatoms. The largest absolute Gasteiger partial charge is 0.448 e. The van der Waals surface area contributed by atoms with Crippen molar-refractivity contribution in [3.8, 4) is 0 Å². The van der Waals surface area contributed by atoms with Gasteiger partial charge in [-0.25, -0.2) is 14.2 Å². The quantitative estimate of drug-likeness (QED) is 0.593. The summed E-state index contributed by atoms with van der Waals surface area (Å²) in [5.41, 5.74) is 4.72. The molecule has 1 aromatic heterocycles. The molecule has 0 unspecified atom stereocenters. The number of ether oxygens (including phenoxy) is 1. The average Bonchev–Trinajstić information content (AvgIpc) is 2.17. The number of amides is 1. The number of halogens is 2. The highest BCUT2D eigenvalue weighted by Crippen LogP contribution is 2.11. The summed E-state index contributed by atoms with van der Waals surface area (Å²) in [6.45, 7) is 0.184. The van der Waals surface area contributed by atoms with E-state index in [1.54, 1.807) is 0 Å². The zero-order valence-electron chi connectivity index (χ0n) is 7.54. The lowest BCUT2D eigenvalue weighted by molar-refractivity contribution is 0.161. The number of nitrogens with two attached hydrogens (primary N) is 1. The van der Waals surface area contributed by atoms with Crippen LogP contribution < -0.4 is 11.1 Å². The van der Waals surface area contributed by atoms with E-state index in [4.69, 9.17) is 17.3 Å². The third-order valence-electron chi connectivity index (χ3n) is 1.35. The Morgan fingerprint density at radius 1 is 1.73 bits per heavy atom. The molecule has 0 aliphatic heterocycles. The van der Waals surface area contributed by atoms with Gasteiger partial charge in [0, 0.05) is 0 Å². The second kappa shape index (κ2) is 5.30. The lowest BCUT2D eigenvalue weighted by atomic mass is 10.5. The van der Waals surface area contributed by atoms with Gasteiger partial charge in [0.05, 0.1) is 12.7 Å². The van der Waals surface area contributed by atoms with E-state index in [-0.39, 0.29) is 24.3 Å². The maximum Gasteiger partial charge on any atom is 0.404 e. The zero-order chi connectivity index (χ0) is 11.3. The molecule has 0 spiro atoms. The van der Waals surface area contributed by atoms with E-state index in [1.165, 1.54) is 0 Å². The summed E-state index contributed by atoms with van der Waals surface area (Å²) in [5.74, 6) is -0.693. The Morgan fingerprint density at radius 2 is 2.47 bits per heavy atom. The monoisotopic (exact) mass is 234 g/mol. The summed E-state index contributed by atoms with van der Waals surface area (Å²) in [6, 6.07) is 0. The van der Waals surface area contributed by atoms with E-state index in [9.17, 15) is 9.18 Å². The lowest BCUT2D eigenvalue weighted by Crippen LogP contribution is -2.19. The van der Waals surface area contributed by atoms with Crippen LogP contribution in [-0.2, 0) is 4.74 Å². The first kappa shape index (κ1) is 11.4. The van der Waals surface area contributed by atoms with Crippen LogP contribution in [0.15, 0.2) is 6.20 Å². The molecule has 1 heterocycles. The van der Waals surface area contributed by atoms with Crippen LogP contribution in [0.3, 0.4) is 0 Å². The fourth-order valence-corrected chi connectivity index (χ4v) is 0.924. The van der Waals surface area contributed by atoms with Crippen molar-refractivity contribution in [2.24, 2.45) is 5.73 Å². The lowest BCUT2D eigenvalue weighted by Gasteiger charge is -2.05. The van der Waals surface area contributed by atoms with E-state index in [1.807, 2.05) is 0 Å². The van der Waals surface area contributed by atoms with Gasteiger partial charge in [0.2, 0.25) is 5.28 Å². The molecule has 0 atom stereocenters. The molecule has 0 aliphatic carbocycles. The predicted octanol–water partition coefficient (Wildman–Crippen LogP) is 0.776. The Bertz CT molecular complexity index is 363. The maximum absolute atomic E-state index is 13.0. The first-order valence-electron chi connectivity index (χ1n) is 3.93. The molecule has 1 amide bonds. The normalized spacial score (nSPS) is 9.73. The topological polar surface area (TPSA) is 90.1 Å². The van der Waals surface area contributed by atoms with Crippen molar-refractivity contribution in [3.63, 3.8) is 0 Å². The predicted molar refractivity (Wildman–Crippen MR) is 51.0 cm³/mol. The number of anilines is 1. The fourth-order valence-electron chi connectivity index (χ4n) is 0.791. The molecular formula is C7H8ClFN4O2. The van der Waals surface area contributed by atoms with Crippen LogP contribution >= 0.6 is 11.6 Å². The standard InChI is InChI=1S/C7H8ClFN4O2/c8-6-12-3-4(9)5(13-6)11-1-2-15-7(10)14/h3H,1-2H2,(H2,10,14)(H,11,12,13). The average molecular weight is 235 g/mol. The van der Waals surface area contributed by atoms with Crippen LogP contribution in [0, 0.1) is 5.82 Å². The maximum atomic E-state index is 13.0. The van der Waals surface area contributed by atoms with Crippen molar-refractivity contribution in [2.75, 3.05) is 18.5 Å². The van der Waals surface area contributed by atoms with Gasteiger partial charge in [-0.2, -0.15) is 4.98 Å². The van der Waals surface area contributed by atoms with Gasteiger partial charge in [-0.1, -0.05) is 0 Å². The van der Waals surface area contributed by atoms with Crippen LogP contribution in [0.2, 0.25) is 5.28 Å². The van der Waals surface area contributed by atoms with Gasteiger partial charge in [0.15, 0.2) is 11.6 Å². The number of hydrogen-bond acceptors (Lipinski definition) is 5. The molecule has 0 radical (unpaired) electrons. The second-order valence-electron chi connectivity index (χ2n) is 2.43. The van der Waals surface area contributed by atoms with Gasteiger partial charge in [-0.3, -0.25) is 0 Å². The highest BCUT2D eigenvalue weighted by atomic mass is 35.5. The summed E-state index contributed by atoms with van der Waals surface area (Å²) in [5, 5.41) is 2.49. The van der Waals surface area contributed by atoms with Crippen LogP contribution in [0.4, 0.5) is 15.0 Å². The van der Waals surface area contributed by atoms with Gasteiger partial charge in [0.25, 0.3) is 0 Å². The number of aromatic nitrogens is 2. The first-order valence-corrected chi connectivity index (χ1v) is 4.31. The molecule has 0 aliphatic rings. The number of nitrogens with zero attached hydrogens (tertiary/aromatic N) is 2. The third-order valence-corrected chi connectivity index (χ3v) is 1.54. The third kappa shape index (κ3) is 3.94. The Balaban J connectivity index is 2.43. The minimum Gasteiger partial charge on any atom is -0.448 e. The minimum absolute atomic E-state index is 0.0103. The second-order valence-corrected chi connectivity index (χ2v) is 2.77. The molecule has 0 fully saturated rings. The van der Waals surface area contributed by atoms with E-state index in [0.717, 1.165) is 6.20 Å². The molecule has 1 aromatic rings. The zero-order valence-corrected chi connectivity index (χ0v) is 8.29. The number of carbonyl (C=O) groups is 1. The SMILES string of the molecule is NC(=O)OCCNc1nc(Cl)ncc1F. The van der Waals surface area contributed by atoms with E-state index in [0.29, 0.717) is 0 Å². The molecule has 6 nitrogen and oxygen atoms in total. The molecule has 0 saturated carbocycles. The number of primary amides is 1. The van der Waals surface area contributed by atoms with Crippen LogP contribution in [0.5, 0.6) is 0 Å².